The molecule has 7 heteroatoms. The fourth-order valence-corrected chi connectivity index (χ4v) is 4.41. The molecule has 2 N–H and O–H groups in total. The molecule has 3 aromatic rings. The average Bonchev–Trinajstić information content (AvgIpc) is 3.72. The Bertz CT molecular complexity index is 1220. The zero-order valence-corrected chi connectivity index (χ0v) is 19.0. The number of hydrogen-bond donors (Lipinski definition) is 2. The number of carbonyl (C=O) groups excluding carboxylic acids is 1. The molecule has 1 aliphatic carbocycles. The van der Waals surface area contributed by atoms with Crippen molar-refractivity contribution in [1.82, 2.24) is 4.98 Å². The van der Waals surface area contributed by atoms with Crippen LogP contribution in [-0.4, -0.2) is 42.0 Å². The van der Waals surface area contributed by atoms with Gasteiger partial charge in [0.2, 0.25) is 0 Å². The second-order valence-corrected chi connectivity index (χ2v) is 8.91. The zero-order valence-electron chi connectivity index (χ0n) is 19.0. The average molecular weight is 458 g/mol. The first-order valence-corrected chi connectivity index (χ1v) is 11.6. The Morgan fingerprint density at radius 3 is 2.59 bits per heavy atom. The Kier molecular flexibility index (Phi) is 5.92. The zero-order chi connectivity index (χ0) is 23.7. The Morgan fingerprint density at radius 1 is 1.09 bits per heavy atom. The number of carbonyl (C=O) groups is 2. The molecule has 5 rings (SSSR count). The quantitative estimate of drug-likeness (QED) is 0.454. The summed E-state index contributed by atoms with van der Waals surface area (Å²) in [7, 11) is 2.00. The highest BCUT2D eigenvalue weighted by atomic mass is 16.5. The number of ether oxygens (including phenoxy) is 1. The van der Waals surface area contributed by atoms with Crippen LogP contribution in [-0.2, 0) is 0 Å². The topological polar surface area (TPSA) is 91.8 Å². The molecular weight excluding hydrogens is 430 g/mol. The molecule has 1 aliphatic heterocycles. The number of pyridine rings is 1. The van der Waals surface area contributed by atoms with E-state index in [0.717, 1.165) is 47.5 Å². The van der Waals surface area contributed by atoms with Crippen molar-refractivity contribution in [2.45, 2.75) is 25.2 Å². The summed E-state index contributed by atoms with van der Waals surface area (Å²) in [6.45, 7) is 1.19. The molecule has 1 saturated carbocycles. The number of anilines is 3. The van der Waals surface area contributed by atoms with Gasteiger partial charge in [-0.2, -0.15) is 0 Å². The summed E-state index contributed by atoms with van der Waals surface area (Å²) in [4.78, 5) is 29.9. The minimum atomic E-state index is -0.977. The third-order valence-electron chi connectivity index (χ3n) is 6.63. The molecule has 0 amide bonds. The maximum absolute atomic E-state index is 12.3. The van der Waals surface area contributed by atoms with E-state index in [-0.39, 0.29) is 23.2 Å². The molecule has 0 saturated heterocycles. The van der Waals surface area contributed by atoms with Crippen molar-refractivity contribution in [3.63, 3.8) is 0 Å². The standard InChI is InChI=1S/C27H27N3O4/c1-30(20-6-4-18(5-7-20)26(31)17-2-3-17)21-8-9-22-19(11-13-34-25(22)14-21)15-29-24-16-28-12-10-23(24)27(32)33/h4-10,12,14,16-17,19,29H,2-3,11,13,15H2,1H3,(H,32,33)/t19-/m0/s1. The van der Waals surface area contributed by atoms with Gasteiger partial charge in [-0.3, -0.25) is 9.78 Å². The fourth-order valence-electron chi connectivity index (χ4n) is 4.41. The van der Waals surface area contributed by atoms with Gasteiger partial charge in [0.15, 0.2) is 5.78 Å². The van der Waals surface area contributed by atoms with Crippen molar-refractivity contribution in [3.05, 3.63) is 77.6 Å². The van der Waals surface area contributed by atoms with Crippen LogP contribution in [0.2, 0.25) is 0 Å². The van der Waals surface area contributed by atoms with Gasteiger partial charge >= 0.3 is 5.97 Å². The lowest BCUT2D eigenvalue weighted by atomic mass is 9.92. The van der Waals surface area contributed by atoms with Crippen LogP contribution in [0.1, 0.15) is 51.5 Å². The molecule has 0 bridgehead atoms. The van der Waals surface area contributed by atoms with Crippen molar-refractivity contribution in [3.8, 4) is 5.75 Å². The number of Topliss-reactive ketones (excluding diaryl/α,β-unsaturated/α-hetero) is 1. The van der Waals surface area contributed by atoms with E-state index in [2.05, 4.69) is 27.3 Å². The molecule has 174 valence electrons. The molecule has 7 nitrogen and oxygen atoms in total. The smallest absolute Gasteiger partial charge is 0.337 e. The number of ketones is 1. The molecule has 1 atom stereocenters. The highest BCUT2D eigenvalue weighted by Crippen LogP contribution is 2.38. The minimum Gasteiger partial charge on any atom is -0.493 e. The summed E-state index contributed by atoms with van der Waals surface area (Å²) in [6, 6.07) is 15.5. The third-order valence-corrected chi connectivity index (χ3v) is 6.63. The largest absolute Gasteiger partial charge is 0.493 e. The fraction of sp³-hybridized carbons (Fsp3) is 0.296. The van der Waals surface area contributed by atoms with Gasteiger partial charge in [0.25, 0.3) is 0 Å². The number of benzene rings is 2. The first-order valence-electron chi connectivity index (χ1n) is 11.6. The Morgan fingerprint density at radius 2 is 1.85 bits per heavy atom. The SMILES string of the molecule is CN(c1ccc(C(=O)C2CC2)cc1)c1ccc2c(c1)OCC[C@H]2CNc1cnccc1C(=O)O. The van der Waals surface area contributed by atoms with Crippen molar-refractivity contribution in [2.75, 3.05) is 30.4 Å². The highest BCUT2D eigenvalue weighted by Gasteiger charge is 2.30. The van der Waals surface area contributed by atoms with Crippen LogP contribution < -0.4 is 15.0 Å². The lowest BCUT2D eigenvalue weighted by Gasteiger charge is -2.28. The van der Waals surface area contributed by atoms with E-state index in [0.29, 0.717) is 18.8 Å². The van der Waals surface area contributed by atoms with E-state index in [4.69, 9.17) is 4.74 Å². The first-order chi connectivity index (χ1) is 16.5. The van der Waals surface area contributed by atoms with Gasteiger partial charge in [-0.15, -0.1) is 0 Å². The molecule has 1 fully saturated rings. The number of carboxylic acids is 1. The predicted octanol–water partition coefficient (Wildman–Crippen LogP) is 5.12. The molecule has 0 spiro atoms. The van der Waals surface area contributed by atoms with Crippen molar-refractivity contribution < 1.29 is 19.4 Å². The number of fused-ring (bicyclic) bond motifs is 1. The molecule has 0 unspecified atom stereocenters. The Hall–Kier alpha value is -3.87. The normalized spacial score (nSPS) is 16.8. The van der Waals surface area contributed by atoms with Gasteiger partial charge in [-0.1, -0.05) is 6.07 Å². The number of nitrogens with zero attached hydrogens (tertiary/aromatic N) is 2. The summed E-state index contributed by atoms with van der Waals surface area (Å²) >= 11 is 0. The van der Waals surface area contributed by atoms with Crippen LogP contribution >= 0.6 is 0 Å². The molecule has 1 aromatic heterocycles. The molecule has 2 heterocycles. The van der Waals surface area contributed by atoms with Gasteiger partial charge in [-0.25, -0.2) is 4.79 Å². The van der Waals surface area contributed by atoms with E-state index in [9.17, 15) is 14.7 Å². The number of aromatic nitrogens is 1. The molecule has 0 radical (unpaired) electrons. The van der Waals surface area contributed by atoms with Crippen LogP contribution in [0, 0.1) is 5.92 Å². The van der Waals surface area contributed by atoms with Crippen LogP contribution in [0.4, 0.5) is 17.1 Å². The predicted molar refractivity (Wildman–Crippen MR) is 131 cm³/mol. The second-order valence-electron chi connectivity index (χ2n) is 8.91. The monoisotopic (exact) mass is 457 g/mol. The van der Waals surface area contributed by atoms with Gasteiger partial charge in [0, 0.05) is 54.6 Å². The third kappa shape index (κ3) is 4.46. The first kappa shape index (κ1) is 21.9. The minimum absolute atomic E-state index is 0.192. The van der Waals surface area contributed by atoms with Gasteiger partial charge in [0.05, 0.1) is 24.1 Å². The van der Waals surface area contributed by atoms with Crippen LogP contribution in [0.15, 0.2) is 60.9 Å². The molecular formula is C27H27N3O4. The van der Waals surface area contributed by atoms with Gasteiger partial charge in [0.1, 0.15) is 5.75 Å². The highest BCUT2D eigenvalue weighted by molar-refractivity contribution is 5.99. The number of nitrogens with one attached hydrogen (secondary N) is 1. The van der Waals surface area contributed by atoms with E-state index in [1.807, 2.05) is 37.4 Å². The van der Waals surface area contributed by atoms with E-state index in [1.165, 1.54) is 12.3 Å². The number of hydrogen-bond acceptors (Lipinski definition) is 6. The van der Waals surface area contributed by atoms with Crippen molar-refractivity contribution >= 4 is 28.8 Å². The van der Waals surface area contributed by atoms with E-state index >= 15 is 0 Å². The summed E-state index contributed by atoms with van der Waals surface area (Å²) in [6.07, 6.45) is 5.89. The molecule has 2 aliphatic rings. The Balaban J connectivity index is 1.30. The van der Waals surface area contributed by atoms with Crippen LogP contribution in [0.25, 0.3) is 0 Å². The Labute approximate surface area is 198 Å². The summed E-state index contributed by atoms with van der Waals surface area (Å²) in [5.74, 6) is 0.524. The lowest BCUT2D eigenvalue weighted by molar-refractivity contribution is 0.0697. The molecule has 34 heavy (non-hydrogen) atoms. The number of rotatable bonds is 8. The van der Waals surface area contributed by atoms with E-state index in [1.54, 1.807) is 6.20 Å². The van der Waals surface area contributed by atoms with Crippen molar-refractivity contribution in [1.29, 1.82) is 0 Å². The maximum Gasteiger partial charge on any atom is 0.337 e. The summed E-state index contributed by atoms with van der Waals surface area (Å²) in [5.41, 5.74) is 4.60. The van der Waals surface area contributed by atoms with Gasteiger partial charge in [-0.05, 0) is 61.2 Å². The number of carboxylic acid groups (broad SMARTS) is 1. The van der Waals surface area contributed by atoms with E-state index < -0.39 is 5.97 Å². The summed E-state index contributed by atoms with van der Waals surface area (Å²) < 4.78 is 5.97. The van der Waals surface area contributed by atoms with Crippen molar-refractivity contribution in [2.24, 2.45) is 5.92 Å². The van der Waals surface area contributed by atoms with Gasteiger partial charge < -0.3 is 20.1 Å². The van der Waals surface area contributed by atoms with Crippen LogP contribution in [0.5, 0.6) is 5.75 Å². The lowest BCUT2D eigenvalue weighted by Crippen LogP contribution is -2.22. The number of aromatic carboxylic acids is 1. The second kappa shape index (κ2) is 9.17. The van der Waals surface area contributed by atoms with Crippen LogP contribution in [0.3, 0.4) is 0 Å². The maximum atomic E-state index is 12.3. The summed E-state index contributed by atoms with van der Waals surface area (Å²) in [5, 5.41) is 12.7. The molecule has 2 aromatic carbocycles.